The second-order valence-electron chi connectivity index (χ2n) is 12.2. The lowest BCUT2D eigenvalue weighted by Gasteiger charge is -2.19. The van der Waals surface area contributed by atoms with Gasteiger partial charge in [-0.2, -0.15) is 0 Å². The van der Waals surface area contributed by atoms with E-state index >= 15 is 0 Å². The van der Waals surface area contributed by atoms with Crippen molar-refractivity contribution in [2.24, 2.45) is 5.92 Å². The second kappa shape index (κ2) is 16.1. The number of aliphatic hydroxyl groups is 1. The normalized spacial score (nSPS) is 15.0. The Morgan fingerprint density at radius 2 is 1.94 bits per heavy atom. The standard InChI is InChI=1S/C36H42ClN7O4/c1-21(2)31(20-45)41-17-23-8-11-30(40-16-23)35(47)43-28-7-5-6-26(22(28)3)34-33(37)27(14-15-39-34)29-12-9-24(36(44-29)48-4)18-38-19-25-10-13-32(46)42-25/h5-9,11-12,14-16,21,25,31,38,41,45H,10,13,17-20H2,1-4H3,(H,42,46)(H,43,47). The van der Waals surface area contributed by atoms with Crippen LogP contribution < -0.4 is 26.0 Å². The van der Waals surface area contributed by atoms with Gasteiger partial charge in [-0.05, 0) is 54.7 Å². The molecule has 3 aromatic heterocycles. The van der Waals surface area contributed by atoms with Crippen molar-refractivity contribution in [3.63, 3.8) is 0 Å². The van der Waals surface area contributed by atoms with Crippen molar-refractivity contribution in [2.75, 3.05) is 25.6 Å². The molecule has 0 saturated carbocycles. The van der Waals surface area contributed by atoms with E-state index in [2.05, 4.69) is 31.2 Å². The summed E-state index contributed by atoms with van der Waals surface area (Å²) in [7, 11) is 1.58. The molecule has 11 nitrogen and oxygen atoms in total. The predicted octanol–water partition coefficient (Wildman–Crippen LogP) is 4.90. The van der Waals surface area contributed by atoms with Crippen LogP contribution in [0.2, 0.25) is 5.02 Å². The maximum absolute atomic E-state index is 13.2. The summed E-state index contributed by atoms with van der Waals surface area (Å²) in [6, 6.07) is 14.9. The number of carbonyl (C=O) groups is 2. The highest BCUT2D eigenvalue weighted by atomic mass is 35.5. The fraction of sp³-hybridized carbons (Fsp3) is 0.361. The van der Waals surface area contributed by atoms with Crippen molar-refractivity contribution >= 4 is 29.1 Å². The molecule has 0 spiro atoms. The van der Waals surface area contributed by atoms with E-state index in [0.29, 0.717) is 65.5 Å². The topological polar surface area (TPSA) is 150 Å². The largest absolute Gasteiger partial charge is 0.481 e. The highest BCUT2D eigenvalue weighted by molar-refractivity contribution is 6.35. The molecule has 2 amide bonds. The smallest absolute Gasteiger partial charge is 0.274 e. The van der Waals surface area contributed by atoms with Gasteiger partial charge in [0, 0.05) is 72.9 Å². The van der Waals surface area contributed by atoms with Crippen LogP contribution in [0.4, 0.5) is 5.69 Å². The molecule has 4 heterocycles. The van der Waals surface area contributed by atoms with Crippen molar-refractivity contribution in [1.82, 2.24) is 30.9 Å². The van der Waals surface area contributed by atoms with Crippen LogP contribution in [0.1, 0.15) is 53.9 Å². The summed E-state index contributed by atoms with van der Waals surface area (Å²) in [4.78, 5) is 38.4. The summed E-state index contributed by atoms with van der Waals surface area (Å²) >= 11 is 6.99. The Bertz CT molecular complexity index is 1750. The van der Waals surface area contributed by atoms with E-state index in [4.69, 9.17) is 21.3 Å². The molecule has 12 heteroatoms. The Kier molecular flexibility index (Phi) is 11.7. The first-order chi connectivity index (χ1) is 23.2. The lowest BCUT2D eigenvalue weighted by atomic mass is 10.0. The predicted molar refractivity (Wildman–Crippen MR) is 187 cm³/mol. The summed E-state index contributed by atoms with van der Waals surface area (Å²) < 4.78 is 5.61. The molecule has 252 valence electrons. The van der Waals surface area contributed by atoms with Crippen LogP contribution in [0, 0.1) is 12.8 Å². The van der Waals surface area contributed by atoms with E-state index in [9.17, 15) is 14.7 Å². The highest BCUT2D eigenvalue weighted by Gasteiger charge is 2.21. The zero-order chi connectivity index (χ0) is 34.2. The molecule has 2 atom stereocenters. The lowest BCUT2D eigenvalue weighted by Crippen LogP contribution is -2.36. The number of carbonyl (C=O) groups excluding carboxylic acids is 2. The van der Waals surface area contributed by atoms with Crippen LogP contribution in [0.25, 0.3) is 22.5 Å². The number of methoxy groups -OCH3 is 1. The minimum absolute atomic E-state index is 0.0152. The molecule has 0 bridgehead atoms. The molecule has 1 aliphatic heterocycles. The third kappa shape index (κ3) is 8.35. The van der Waals surface area contributed by atoms with E-state index < -0.39 is 0 Å². The highest BCUT2D eigenvalue weighted by Crippen LogP contribution is 2.38. The molecule has 1 aliphatic rings. The van der Waals surface area contributed by atoms with Crippen LogP contribution in [0.5, 0.6) is 5.88 Å². The van der Waals surface area contributed by atoms with Crippen molar-refractivity contribution in [3.8, 4) is 28.4 Å². The number of benzene rings is 1. The molecular formula is C36H42ClN7O4. The number of halogens is 1. The number of aromatic nitrogens is 3. The molecule has 0 radical (unpaired) electrons. The molecule has 1 saturated heterocycles. The number of pyridine rings is 3. The van der Waals surface area contributed by atoms with Gasteiger partial charge in [-0.25, -0.2) is 4.98 Å². The van der Waals surface area contributed by atoms with Crippen LogP contribution in [0.15, 0.2) is 60.9 Å². The van der Waals surface area contributed by atoms with Gasteiger partial charge in [0.1, 0.15) is 5.69 Å². The van der Waals surface area contributed by atoms with Gasteiger partial charge in [0.2, 0.25) is 11.8 Å². The second-order valence-corrected chi connectivity index (χ2v) is 12.6. The molecule has 0 aliphatic carbocycles. The molecule has 4 aromatic rings. The quantitative estimate of drug-likeness (QED) is 0.126. The van der Waals surface area contributed by atoms with E-state index in [-0.39, 0.29) is 36.2 Å². The Labute approximate surface area is 285 Å². The lowest BCUT2D eigenvalue weighted by molar-refractivity contribution is -0.119. The Hall–Kier alpha value is -4.42. The first kappa shape index (κ1) is 34.9. The van der Waals surface area contributed by atoms with Gasteiger partial charge < -0.3 is 31.1 Å². The average molecular weight is 672 g/mol. The number of rotatable bonds is 14. The van der Waals surface area contributed by atoms with E-state index in [0.717, 1.165) is 28.7 Å². The monoisotopic (exact) mass is 671 g/mol. The number of hydrogen-bond donors (Lipinski definition) is 5. The SMILES string of the molecule is COc1nc(-c2ccnc(-c3cccc(NC(=O)c4ccc(CNC(CO)C(C)C)cn4)c3C)c2Cl)ccc1CNCC1CCC(=O)N1. The fourth-order valence-corrected chi connectivity index (χ4v) is 5.92. The molecule has 48 heavy (non-hydrogen) atoms. The van der Waals surface area contributed by atoms with Crippen molar-refractivity contribution in [2.45, 2.75) is 58.8 Å². The Balaban J connectivity index is 1.29. The average Bonchev–Trinajstić information content (AvgIpc) is 3.51. The number of amides is 2. The van der Waals surface area contributed by atoms with Crippen molar-refractivity contribution < 1.29 is 19.4 Å². The molecule has 2 unspecified atom stereocenters. The number of nitrogens with one attached hydrogen (secondary N) is 4. The van der Waals surface area contributed by atoms with Gasteiger partial charge in [-0.3, -0.25) is 19.6 Å². The first-order valence-electron chi connectivity index (χ1n) is 16.1. The Morgan fingerprint density at radius 3 is 2.62 bits per heavy atom. The number of anilines is 1. The summed E-state index contributed by atoms with van der Waals surface area (Å²) in [6.45, 7) is 7.80. The third-order valence-corrected chi connectivity index (χ3v) is 8.94. The fourth-order valence-electron chi connectivity index (χ4n) is 5.61. The zero-order valence-electron chi connectivity index (χ0n) is 27.6. The number of ether oxygens (including phenoxy) is 1. The molecule has 5 N–H and O–H groups in total. The maximum Gasteiger partial charge on any atom is 0.274 e. The maximum atomic E-state index is 13.2. The van der Waals surface area contributed by atoms with Gasteiger partial charge in [-0.1, -0.05) is 49.7 Å². The minimum Gasteiger partial charge on any atom is -0.481 e. The molecular weight excluding hydrogens is 630 g/mol. The summed E-state index contributed by atoms with van der Waals surface area (Å²) in [5.41, 5.74) is 6.16. The summed E-state index contributed by atoms with van der Waals surface area (Å²) in [6.07, 6.45) is 4.74. The van der Waals surface area contributed by atoms with Gasteiger partial charge in [-0.15, -0.1) is 0 Å². The number of hydrogen-bond acceptors (Lipinski definition) is 9. The zero-order valence-corrected chi connectivity index (χ0v) is 28.4. The van der Waals surface area contributed by atoms with Crippen LogP contribution in [-0.2, 0) is 17.9 Å². The van der Waals surface area contributed by atoms with E-state index in [1.54, 1.807) is 25.6 Å². The van der Waals surface area contributed by atoms with E-state index in [1.807, 2.05) is 63.2 Å². The third-order valence-electron chi connectivity index (χ3n) is 8.55. The van der Waals surface area contributed by atoms with Crippen molar-refractivity contribution in [1.29, 1.82) is 0 Å². The number of nitrogens with zero attached hydrogens (tertiary/aromatic N) is 3. The summed E-state index contributed by atoms with van der Waals surface area (Å²) in [5, 5.41) is 22.6. The molecule has 1 aromatic carbocycles. The van der Waals surface area contributed by atoms with Crippen LogP contribution in [-0.4, -0.2) is 64.2 Å². The number of aliphatic hydroxyl groups excluding tert-OH is 1. The molecule has 1 fully saturated rings. The Morgan fingerprint density at radius 1 is 1.10 bits per heavy atom. The van der Waals surface area contributed by atoms with E-state index in [1.165, 1.54) is 0 Å². The first-order valence-corrected chi connectivity index (χ1v) is 16.5. The summed E-state index contributed by atoms with van der Waals surface area (Å²) in [5.74, 6) is 0.526. The van der Waals surface area contributed by atoms with Gasteiger partial charge >= 0.3 is 0 Å². The minimum atomic E-state index is -0.336. The van der Waals surface area contributed by atoms with Gasteiger partial charge in [0.05, 0.1) is 30.1 Å². The van der Waals surface area contributed by atoms with Crippen LogP contribution in [0.3, 0.4) is 0 Å². The van der Waals surface area contributed by atoms with Gasteiger partial charge in [0.15, 0.2) is 0 Å². The van der Waals surface area contributed by atoms with Crippen LogP contribution >= 0.6 is 11.6 Å². The van der Waals surface area contributed by atoms with Crippen molar-refractivity contribution in [3.05, 3.63) is 88.3 Å². The van der Waals surface area contributed by atoms with Gasteiger partial charge in [0.25, 0.3) is 5.91 Å². The molecule has 5 rings (SSSR count).